The van der Waals surface area contributed by atoms with Gasteiger partial charge in [-0.15, -0.1) is 0 Å². The SMILES string of the molecule is Nc1cccc2c1CN(C1CCC(=O)N(N3C(=O)CCC(N4C(=O)c5cccc(N)c5C4=O)C3=O)C1=O)C2=O. The Hall–Kier alpha value is -5.07. The van der Waals surface area contributed by atoms with Crippen LogP contribution in [0, 0.1) is 0 Å². The van der Waals surface area contributed by atoms with Gasteiger partial charge >= 0.3 is 0 Å². The quantitative estimate of drug-likeness (QED) is 0.409. The van der Waals surface area contributed by atoms with Crippen LogP contribution < -0.4 is 11.5 Å². The van der Waals surface area contributed by atoms with Gasteiger partial charge in [-0.05, 0) is 37.1 Å². The van der Waals surface area contributed by atoms with Crippen molar-refractivity contribution in [2.75, 3.05) is 11.5 Å². The molecule has 2 saturated heterocycles. The summed E-state index contributed by atoms with van der Waals surface area (Å²) in [6.45, 7) is 0.0280. The molecule has 7 amide bonds. The number of nitrogens with two attached hydrogens (primary N) is 2. The maximum Gasteiger partial charge on any atom is 0.272 e. The van der Waals surface area contributed by atoms with E-state index in [4.69, 9.17) is 11.5 Å². The molecule has 39 heavy (non-hydrogen) atoms. The molecular formula is C26H22N6O7. The summed E-state index contributed by atoms with van der Waals surface area (Å²) in [6.07, 6.45) is -0.730. The van der Waals surface area contributed by atoms with Crippen LogP contribution in [0.3, 0.4) is 0 Å². The number of fused-ring (bicyclic) bond motifs is 2. The van der Waals surface area contributed by atoms with E-state index < -0.39 is 53.4 Å². The third-order valence-electron chi connectivity index (χ3n) is 7.62. The van der Waals surface area contributed by atoms with Gasteiger partial charge in [-0.1, -0.05) is 12.1 Å². The van der Waals surface area contributed by atoms with Crippen LogP contribution in [-0.2, 0) is 25.7 Å². The minimum Gasteiger partial charge on any atom is -0.398 e. The van der Waals surface area contributed by atoms with Gasteiger partial charge in [-0.25, -0.2) is 0 Å². The van der Waals surface area contributed by atoms with Crippen LogP contribution in [0.1, 0.15) is 62.3 Å². The highest BCUT2D eigenvalue weighted by atomic mass is 16.2. The molecule has 4 aliphatic rings. The van der Waals surface area contributed by atoms with Gasteiger partial charge in [0, 0.05) is 41.9 Å². The van der Waals surface area contributed by atoms with Crippen LogP contribution in [0.15, 0.2) is 36.4 Å². The van der Waals surface area contributed by atoms with Gasteiger partial charge in [-0.3, -0.25) is 38.5 Å². The Balaban J connectivity index is 1.30. The summed E-state index contributed by atoms with van der Waals surface area (Å²) in [7, 11) is 0. The zero-order chi connectivity index (χ0) is 27.7. The average molecular weight is 530 g/mol. The minimum absolute atomic E-state index is 0.00880. The van der Waals surface area contributed by atoms with Crippen molar-refractivity contribution in [1.29, 1.82) is 0 Å². The zero-order valence-electron chi connectivity index (χ0n) is 20.5. The van der Waals surface area contributed by atoms with Gasteiger partial charge in [-0.2, -0.15) is 10.0 Å². The van der Waals surface area contributed by atoms with Gasteiger partial charge in [0.05, 0.1) is 11.1 Å². The van der Waals surface area contributed by atoms with Gasteiger partial charge in [0.15, 0.2) is 0 Å². The average Bonchev–Trinajstić information content (AvgIpc) is 3.36. The number of hydrogen-bond acceptors (Lipinski definition) is 9. The lowest BCUT2D eigenvalue weighted by atomic mass is 10.0. The van der Waals surface area contributed by atoms with E-state index in [-0.39, 0.29) is 49.0 Å². The molecule has 4 N–H and O–H groups in total. The molecular weight excluding hydrogens is 508 g/mol. The standard InChI is InChI=1S/C26H22N6O7/c27-15-5-1-3-12-14(15)11-29(22(12)35)17-7-9-19(33)31(24(17)37)32-20(34)10-8-18(25(32)38)30-23(36)13-4-2-6-16(28)21(13)26(30)39/h1-6,17-18H,7-11,27-28H2. The first-order valence-electron chi connectivity index (χ1n) is 12.3. The number of carbonyl (C=O) groups excluding carboxylic acids is 7. The smallest absolute Gasteiger partial charge is 0.272 e. The van der Waals surface area contributed by atoms with Crippen LogP contribution in [0.5, 0.6) is 0 Å². The van der Waals surface area contributed by atoms with Gasteiger partial charge < -0.3 is 16.4 Å². The third-order valence-corrected chi connectivity index (χ3v) is 7.62. The molecule has 6 rings (SSSR count). The molecule has 2 aromatic rings. The predicted octanol–water partition coefficient (Wildman–Crippen LogP) is 0.0532. The monoisotopic (exact) mass is 530 g/mol. The van der Waals surface area contributed by atoms with Crippen molar-refractivity contribution < 1.29 is 33.6 Å². The Labute approximate surface area is 220 Å². The van der Waals surface area contributed by atoms with E-state index in [9.17, 15) is 33.6 Å². The zero-order valence-corrected chi connectivity index (χ0v) is 20.5. The van der Waals surface area contributed by atoms with Gasteiger partial charge in [0.2, 0.25) is 11.8 Å². The van der Waals surface area contributed by atoms with Gasteiger partial charge in [0.1, 0.15) is 12.1 Å². The van der Waals surface area contributed by atoms with Crippen LogP contribution in [0.25, 0.3) is 0 Å². The van der Waals surface area contributed by atoms with Crippen LogP contribution in [-0.4, -0.2) is 73.3 Å². The summed E-state index contributed by atoms with van der Waals surface area (Å²) in [5.74, 6) is -5.66. The number of benzene rings is 2. The molecule has 4 aliphatic heterocycles. The van der Waals surface area contributed by atoms with E-state index in [1.54, 1.807) is 18.2 Å². The number of hydrazine groups is 1. The molecule has 2 aromatic carbocycles. The van der Waals surface area contributed by atoms with E-state index in [0.717, 1.165) is 4.90 Å². The topological polar surface area (TPSA) is 184 Å². The van der Waals surface area contributed by atoms with E-state index >= 15 is 0 Å². The van der Waals surface area contributed by atoms with E-state index in [2.05, 4.69) is 0 Å². The summed E-state index contributed by atoms with van der Waals surface area (Å²) >= 11 is 0. The molecule has 4 heterocycles. The predicted molar refractivity (Wildman–Crippen MR) is 132 cm³/mol. The third kappa shape index (κ3) is 3.35. The molecule has 0 aromatic heterocycles. The van der Waals surface area contributed by atoms with Crippen molar-refractivity contribution in [3.63, 3.8) is 0 Å². The Morgan fingerprint density at radius 2 is 1.21 bits per heavy atom. The summed E-state index contributed by atoms with van der Waals surface area (Å²) in [5.41, 5.74) is 13.2. The normalized spacial score (nSPS) is 23.2. The molecule has 2 unspecified atom stereocenters. The summed E-state index contributed by atoms with van der Waals surface area (Å²) < 4.78 is 0. The number of anilines is 2. The maximum atomic E-state index is 13.6. The Morgan fingerprint density at radius 3 is 1.82 bits per heavy atom. The fourth-order valence-corrected chi connectivity index (χ4v) is 5.70. The van der Waals surface area contributed by atoms with Crippen molar-refractivity contribution in [2.24, 2.45) is 0 Å². The number of rotatable bonds is 3. The first kappa shape index (κ1) is 24.3. The van der Waals surface area contributed by atoms with Crippen LogP contribution in [0.2, 0.25) is 0 Å². The molecule has 0 aliphatic carbocycles. The minimum atomic E-state index is -1.44. The summed E-state index contributed by atoms with van der Waals surface area (Å²) in [5, 5.41) is 0.872. The van der Waals surface area contributed by atoms with Crippen molar-refractivity contribution >= 4 is 52.7 Å². The molecule has 13 heteroatoms. The first-order valence-corrected chi connectivity index (χ1v) is 12.3. The fraction of sp³-hybridized carbons (Fsp3) is 0.269. The molecule has 0 radical (unpaired) electrons. The Morgan fingerprint density at radius 1 is 0.641 bits per heavy atom. The largest absolute Gasteiger partial charge is 0.398 e. The molecule has 13 nitrogen and oxygen atoms in total. The number of nitrogen functional groups attached to an aromatic ring is 2. The number of imide groups is 3. The lowest BCUT2D eigenvalue weighted by Gasteiger charge is -2.42. The molecule has 0 spiro atoms. The number of amides is 7. The highest BCUT2D eigenvalue weighted by molar-refractivity contribution is 6.25. The van der Waals surface area contributed by atoms with E-state index in [0.29, 0.717) is 26.8 Å². The Bertz CT molecular complexity index is 1550. The van der Waals surface area contributed by atoms with Crippen LogP contribution >= 0.6 is 0 Å². The molecule has 0 bridgehead atoms. The highest BCUT2D eigenvalue weighted by Crippen LogP contribution is 2.35. The van der Waals surface area contributed by atoms with Crippen molar-refractivity contribution in [3.8, 4) is 0 Å². The maximum absolute atomic E-state index is 13.6. The number of nitrogens with zero attached hydrogens (tertiary/aromatic N) is 4. The molecule has 0 saturated carbocycles. The summed E-state index contributed by atoms with van der Waals surface area (Å²) in [4.78, 5) is 94.5. The second-order valence-electron chi connectivity index (χ2n) is 9.75. The number of piperidine rings is 2. The number of hydrogen-bond donors (Lipinski definition) is 2. The molecule has 198 valence electrons. The summed E-state index contributed by atoms with van der Waals surface area (Å²) in [6, 6.07) is 6.61. The van der Waals surface area contributed by atoms with E-state index in [1.807, 2.05) is 0 Å². The Kier molecular flexibility index (Phi) is 5.28. The van der Waals surface area contributed by atoms with Crippen molar-refractivity contribution in [1.82, 2.24) is 19.8 Å². The van der Waals surface area contributed by atoms with Gasteiger partial charge in [0.25, 0.3) is 29.5 Å². The highest BCUT2D eigenvalue weighted by Gasteiger charge is 2.53. The van der Waals surface area contributed by atoms with Crippen molar-refractivity contribution in [2.45, 2.75) is 44.3 Å². The fourth-order valence-electron chi connectivity index (χ4n) is 5.70. The molecule has 2 atom stereocenters. The second-order valence-corrected chi connectivity index (χ2v) is 9.75. The lowest BCUT2D eigenvalue weighted by Crippen LogP contribution is -2.67. The second kappa shape index (κ2) is 8.48. The first-order chi connectivity index (χ1) is 18.6. The lowest BCUT2D eigenvalue weighted by molar-refractivity contribution is -0.189. The molecule has 2 fully saturated rings. The van der Waals surface area contributed by atoms with Crippen LogP contribution in [0.4, 0.5) is 11.4 Å². The number of carbonyl (C=O) groups is 7. The van der Waals surface area contributed by atoms with E-state index in [1.165, 1.54) is 23.1 Å². The van der Waals surface area contributed by atoms with Crippen molar-refractivity contribution in [3.05, 3.63) is 58.7 Å².